The minimum atomic E-state index is -4.49. The Bertz CT molecular complexity index is 829. The van der Waals surface area contributed by atoms with Crippen molar-refractivity contribution in [3.8, 4) is 0 Å². The lowest BCUT2D eigenvalue weighted by atomic mass is 9.91. The Hall–Kier alpha value is -2.22. The highest BCUT2D eigenvalue weighted by molar-refractivity contribution is 6.08. The van der Waals surface area contributed by atoms with Crippen molar-refractivity contribution in [3.05, 3.63) is 51.7 Å². The number of piperidine rings is 1. The maximum absolute atomic E-state index is 13.3. The fourth-order valence-corrected chi connectivity index (χ4v) is 3.51. The summed E-state index contributed by atoms with van der Waals surface area (Å²) in [6.45, 7) is 1.62. The van der Waals surface area contributed by atoms with Crippen LogP contribution in [0.3, 0.4) is 0 Å². The van der Waals surface area contributed by atoms with Gasteiger partial charge >= 0.3 is 6.18 Å². The first-order chi connectivity index (χ1) is 11.4. The molecule has 1 aromatic rings. The zero-order valence-electron chi connectivity index (χ0n) is 12.7. The van der Waals surface area contributed by atoms with Crippen molar-refractivity contribution in [1.29, 1.82) is 0 Å². The highest BCUT2D eigenvalue weighted by Crippen LogP contribution is 2.39. The summed E-state index contributed by atoms with van der Waals surface area (Å²) in [6, 6.07) is 1.40. The van der Waals surface area contributed by atoms with E-state index >= 15 is 0 Å². The summed E-state index contributed by atoms with van der Waals surface area (Å²) >= 11 is 0. The number of alkyl halides is 3. The van der Waals surface area contributed by atoms with E-state index in [4.69, 9.17) is 0 Å². The number of allylic oxidation sites excluding steroid dienone is 4. The van der Waals surface area contributed by atoms with Gasteiger partial charge in [-0.25, -0.2) is 4.68 Å². The summed E-state index contributed by atoms with van der Waals surface area (Å²) in [4.78, 5) is 15.9. The molecule has 1 N–H and O–H groups in total. The maximum Gasteiger partial charge on any atom is 0.418 e. The largest absolute Gasteiger partial charge is 0.418 e. The van der Waals surface area contributed by atoms with E-state index in [-0.39, 0.29) is 17.5 Å². The van der Waals surface area contributed by atoms with Crippen LogP contribution in [0.5, 0.6) is 0 Å². The summed E-state index contributed by atoms with van der Waals surface area (Å²) < 4.78 is 41.2. The van der Waals surface area contributed by atoms with Gasteiger partial charge in [0.05, 0.1) is 22.9 Å². The molecule has 1 aromatic heterocycles. The van der Waals surface area contributed by atoms with Crippen molar-refractivity contribution in [1.82, 2.24) is 15.0 Å². The first-order valence-electron chi connectivity index (χ1n) is 7.84. The minimum absolute atomic E-state index is 0.0849. The van der Waals surface area contributed by atoms with Crippen molar-refractivity contribution in [2.24, 2.45) is 5.10 Å². The van der Waals surface area contributed by atoms with Gasteiger partial charge in [-0.05, 0) is 32.0 Å². The third-order valence-electron chi connectivity index (χ3n) is 4.64. The Labute approximate surface area is 135 Å². The normalized spacial score (nSPS) is 23.5. The predicted molar refractivity (Wildman–Crippen MR) is 82.2 cm³/mol. The van der Waals surface area contributed by atoms with Gasteiger partial charge in [-0.2, -0.15) is 23.3 Å². The maximum atomic E-state index is 13.3. The average Bonchev–Trinajstić information content (AvgIpc) is 2.92. The molecule has 4 rings (SSSR count). The number of hydrogen-bond donors (Lipinski definition) is 1. The van der Waals surface area contributed by atoms with Crippen LogP contribution in [0.4, 0.5) is 13.2 Å². The van der Waals surface area contributed by atoms with Crippen molar-refractivity contribution < 1.29 is 13.2 Å². The molecule has 126 valence electrons. The molecule has 3 aliphatic rings. The van der Waals surface area contributed by atoms with Crippen molar-refractivity contribution >= 4 is 5.71 Å². The van der Waals surface area contributed by atoms with E-state index < -0.39 is 23.2 Å². The van der Waals surface area contributed by atoms with Gasteiger partial charge in [-0.1, -0.05) is 12.2 Å². The summed E-state index contributed by atoms with van der Waals surface area (Å²) in [5, 5.41) is 7.45. The van der Waals surface area contributed by atoms with Crippen LogP contribution in [0.2, 0.25) is 0 Å². The van der Waals surface area contributed by atoms with Gasteiger partial charge in [0, 0.05) is 12.0 Å². The molecule has 2 aliphatic heterocycles. The van der Waals surface area contributed by atoms with Gasteiger partial charge in [-0.3, -0.25) is 4.79 Å². The van der Waals surface area contributed by atoms with Crippen LogP contribution in [0, 0.1) is 0 Å². The number of fused-ring (bicyclic) bond motifs is 3. The zero-order valence-corrected chi connectivity index (χ0v) is 12.7. The minimum Gasteiger partial charge on any atom is -0.317 e. The lowest BCUT2D eigenvalue weighted by molar-refractivity contribution is -0.0863. The molecule has 0 aromatic carbocycles. The van der Waals surface area contributed by atoms with E-state index in [1.54, 1.807) is 6.08 Å². The highest BCUT2D eigenvalue weighted by atomic mass is 19.4. The molecule has 1 aliphatic carbocycles. The molecule has 3 heterocycles. The van der Waals surface area contributed by atoms with E-state index in [0.717, 1.165) is 32.0 Å². The molecule has 0 saturated carbocycles. The van der Waals surface area contributed by atoms with Gasteiger partial charge in [0.15, 0.2) is 0 Å². The second-order valence-electron chi connectivity index (χ2n) is 6.14. The number of rotatable bonds is 1. The smallest absolute Gasteiger partial charge is 0.317 e. The van der Waals surface area contributed by atoms with E-state index in [1.165, 1.54) is 16.8 Å². The molecule has 1 saturated heterocycles. The van der Waals surface area contributed by atoms with Crippen LogP contribution in [0.1, 0.15) is 36.2 Å². The third-order valence-corrected chi connectivity index (χ3v) is 4.64. The Morgan fingerprint density at radius 1 is 1.25 bits per heavy atom. The first kappa shape index (κ1) is 15.3. The fourth-order valence-electron chi connectivity index (χ4n) is 3.51. The summed E-state index contributed by atoms with van der Waals surface area (Å²) in [5.41, 5.74) is -0.631. The average molecular weight is 336 g/mol. The van der Waals surface area contributed by atoms with Crippen LogP contribution in [0.15, 0.2) is 39.8 Å². The SMILES string of the molecule is O=c1cc(C2CCNCC2)n2c(n1)C1C=CC=C(C(F)(F)F)C1=N2. The fraction of sp³-hybridized carbons (Fsp3) is 0.438. The zero-order chi connectivity index (χ0) is 16.9. The third kappa shape index (κ3) is 2.41. The predicted octanol–water partition coefficient (Wildman–Crippen LogP) is 2.07. The molecule has 0 radical (unpaired) electrons. The Morgan fingerprint density at radius 3 is 2.71 bits per heavy atom. The van der Waals surface area contributed by atoms with Crippen LogP contribution < -0.4 is 10.9 Å². The topological polar surface area (TPSA) is 59.3 Å². The number of nitrogens with zero attached hydrogens (tertiary/aromatic N) is 3. The summed E-state index contributed by atoms with van der Waals surface area (Å²) in [6.07, 6.45) is 1.12. The molecule has 24 heavy (non-hydrogen) atoms. The molecule has 5 nitrogen and oxygen atoms in total. The van der Waals surface area contributed by atoms with Gasteiger partial charge < -0.3 is 5.32 Å². The molecule has 0 amide bonds. The Balaban J connectivity index is 1.84. The molecular weight excluding hydrogens is 321 g/mol. The van der Waals surface area contributed by atoms with Gasteiger partial charge in [0.25, 0.3) is 5.56 Å². The summed E-state index contributed by atoms with van der Waals surface area (Å²) in [7, 11) is 0. The Morgan fingerprint density at radius 2 is 2.00 bits per heavy atom. The van der Waals surface area contributed by atoms with Crippen molar-refractivity contribution in [2.45, 2.75) is 30.9 Å². The van der Waals surface area contributed by atoms with Crippen LogP contribution in [0.25, 0.3) is 0 Å². The first-order valence-corrected chi connectivity index (χ1v) is 7.84. The van der Waals surface area contributed by atoms with E-state index in [2.05, 4.69) is 15.4 Å². The number of aromatic nitrogens is 2. The molecule has 0 spiro atoms. The second kappa shape index (κ2) is 5.41. The lowest BCUT2D eigenvalue weighted by Gasteiger charge is -2.24. The summed E-state index contributed by atoms with van der Waals surface area (Å²) in [5.74, 6) is -0.356. The molecular formula is C16H15F3N4O. The van der Waals surface area contributed by atoms with Gasteiger partial charge in [-0.15, -0.1) is 0 Å². The van der Waals surface area contributed by atoms with E-state index in [1.807, 2.05) is 0 Å². The number of hydrogen-bond acceptors (Lipinski definition) is 4. The van der Waals surface area contributed by atoms with Crippen molar-refractivity contribution in [2.75, 3.05) is 13.1 Å². The number of halogens is 3. The Kier molecular flexibility index (Phi) is 3.45. The molecule has 0 bridgehead atoms. The molecule has 1 atom stereocenters. The molecule has 1 unspecified atom stereocenters. The molecule has 8 heteroatoms. The van der Waals surface area contributed by atoms with Gasteiger partial charge in [0.2, 0.25) is 0 Å². The van der Waals surface area contributed by atoms with E-state index in [0.29, 0.717) is 5.69 Å². The molecule has 1 fully saturated rings. The second-order valence-corrected chi connectivity index (χ2v) is 6.14. The monoisotopic (exact) mass is 336 g/mol. The van der Waals surface area contributed by atoms with Crippen LogP contribution >= 0.6 is 0 Å². The van der Waals surface area contributed by atoms with E-state index in [9.17, 15) is 18.0 Å². The highest BCUT2D eigenvalue weighted by Gasteiger charge is 2.44. The number of nitrogens with one attached hydrogen (secondary N) is 1. The standard InChI is InChI=1S/C16H15F3N4O/c17-16(18,19)11-3-1-2-10-14(11)22-23-12(8-13(24)21-15(10)23)9-4-6-20-7-5-9/h1-3,8-10,20H,4-7H2. The van der Waals surface area contributed by atoms with Crippen LogP contribution in [-0.2, 0) is 0 Å². The quantitative estimate of drug-likeness (QED) is 0.854. The van der Waals surface area contributed by atoms with Gasteiger partial charge in [0.1, 0.15) is 5.82 Å². The van der Waals surface area contributed by atoms with Crippen molar-refractivity contribution in [3.63, 3.8) is 0 Å². The lowest BCUT2D eigenvalue weighted by Crippen LogP contribution is -2.29. The van der Waals surface area contributed by atoms with Crippen LogP contribution in [-0.4, -0.2) is 34.6 Å².